The van der Waals surface area contributed by atoms with Gasteiger partial charge in [-0.1, -0.05) is 17.7 Å². The first-order chi connectivity index (χ1) is 9.11. The highest BCUT2D eigenvalue weighted by Crippen LogP contribution is 2.25. The summed E-state index contributed by atoms with van der Waals surface area (Å²) in [6.45, 7) is 2.01. The summed E-state index contributed by atoms with van der Waals surface area (Å²) in [6, 6.07) is 9.30. The molecule has 5 nitrogen and oxygen atoms in total. The van der Waals surface area contributed by atoms with Crippen molar-refractivity contribution in [1.29, 1.82) is 5.26 Å². The lowest BCUT2D eigenvalue weighted by Crippen LogP contribution is -2.26. The lowest BCUT2D eigenvalue weighted by Gasteiger charge is -2.16. The summed E-state index contributed by atoms with van der Waals surface area (Å²) in [5.74, 6) is -1.06. The van der Waals surface area contributed by atoms with Gasteiger partial charge in [0.1, 0.15) is 6.07 Å². The monoisotopic (exact) mass is 258 g/mol. The molecule has 1 aliphatic rings. The molecule has 1 heterocycles. The summed E-state index contributed by atoms with van der Waals surface area (Å²) >= 11 is 0. The average molecular weight is 258 g/mol. The first kappa shape index (κ1) is 13.1. The van der Waals surface area contributed by atoms with Crippen LogP contribution in [0.4, 0.5) is 5.69 Å². The Balaban J connectivity index is 2.05. The Hall–Kier alpha value is -2.35. The van der Waals surface area contributed by atoms with Crippen LogP contribution in [-0.2, 0) is 14.3 Å². The largest absolute Gasteiger partial charge is 0.450 e. The summed E-state index contributed by atoms with van der Waals surface area (Å²) < 4.78 is 4.75. The van der Waals surface area contributed by atoms with Gasteiger partial charge in [-0.05, 0) is 19.1 Å². The van der Waals surface area contributed by atoms with Gasteiger partial charge in [0, 0.05) is 18.7 Å². The fourth-order valence-electron chi connectivity index (χ4n) is 2.06. The molecule has 0 aliphatic carbocycles. The molecular formula is C14H14N2O3. The topological polar surface area (TPSA) is 70.4 Å². The van der Waals surface area contributed by atoms with Crippen molar-refractivity contribution in [2.24, 2.45) is 5.92 Å². The van der Waals surface area contributed by atoms with Gasteiger partial charge in [0.25, 0.3) is 0 Å². The molecule has 5 heteroatoms. The van der Waals surface area contributed by atoms with E-state index in [9.17, 15) is 9.59 Å². The molecule has 0 unspecified atom stereocenters. The molecule has 1 aromatic carbocycles. The number of hydrogen-bond acceptors (Lipinski definition) is 4. The highest BCUT2D eigenvalue weighted by molar-refractivity contribution is 5.99. The number of hydrogen-bond donors (Lipinski definition) is 0. The second kappa shape index (κ2) is 5.53. The number of benzene rings is 1. The smallest absolute Gasteiger partial charge is 0.312 e. The molecule has 1 saturated heterocycles. The minimum Gasteiger partial charge on any atom is -0.450 e. The number of amides is 1. The SMILES string of the molecule is Cc1ccc(N2C[C@H](C(=O)OCC#N)CC2=O)cc1. The predicted octanol–water partition coefficient (Wildman–Crippen LogP) is 1.41. The maximum absolute atomic E-state index is 11.9. The first-order valence-electron chi connectivity index (χ1n) is 6.02. The quantitative estimate of drug-likeness (QED) is 0.769. The van der Waals surface area contributed by atoms with Gasteiger partial charge in [-0.25, -0.2) is 0 Å². The van der Waals surface area contributed by atoms with Crippen molar-refractivity contribution in [2.75, 3.05) is 18.1 Å². The Bertz CT molecular complexity index is 531. The van der Waals surface area contributed by atoms with E-state index in [4.69, 9.17) is 10.00 Å². The highest BCUT2D eigenvalue weighted by Gasteiger charge is 2.36. The Morgan fingerprint density at radius 2 is 2.16 bits per heavy atom. The third-order valence-electron chi connectivity index (χ3n) is 3.08. The van der Waals surface area contributed by atoms with Crippen molar-refractivity contribution in [2.45, 2.75) is 13.3 Å². The average Bonchev–Trinajstić information content (AvgIpc) is 2.79. The van der Waals surface area contributed by atoms with Crippen LogP contribution in [0.2, 0.25) is 0 Å². The van der Waals surface area contributed by atoms with Crippen molar-refractivity contribution in [1.82, 2.24) is 0 Å². The molecule has 0 bridgehead atoms. The number of carbonyl (C=O) groups is 2. The second-order valence-electron chi connectivity index (χ2n) is 4.51. The summed E-state index contributed by atoms with van der Waals surface area (Å²) in [7, 11) is 0. The Morgan fingerprint density at radius 1 is 1.47 bits per heavy atom. The maximum Gasteiger partial charge on any atom is 0.312 e. The maximum atomic E-state index is 11.9. The lowest BCUT2D eigenvalue weighted by molar-refractivity contribution is -0.146. The van der Waals surface area contributed by atoms with Crippen LogP contribution in [0.1, 0.15) is 12.0 Å². The molecule has 0 aromatic heterocycles. The van der Waals surface area contributed by atoms with Crippen molar-refractivity contribution in [3.8, 4) is 6.07 Å². The van der Waals surface area contributed by atoms with E-state index in [1.807, 2.05) is 31.2 Å². The summed E-state index contributed by atoms with van der Waals surface area (Å²) in [6.07, 6.45) is 0.137. The molecule has 1 aliphatic heterocycles. The van der Waals surface area contributed by atoms with Crippen molar-refractivity contribution in [3.05, 3.63) is 29.8 Å². The van der Waals surface area contributed by atoms with Gasteiger partial charge in [-0.2, -0.15) is 5.26 Å². The Labute approximate surface area is 111 Å². The molecule has 1 amide bonds. The molecule has 0 spiro atoms. The fourth-order valence-corrected chi connectivity index (χ4v) is 2.06. The molecule has 0 saturated carbocycles. The summed E-state index contributed by atoms with van der Waals surface area (Å²) in [5, 5.41) is 8.36. The zero-order chi connectivity index (χ0) is 13.8. The zero-order valence-electron chi connectivity index (χ0n) is 10.6. The van der Waals surface area contributed by atoms with E-state index in [1.165, 1.54) is 0 Å². The third-order valence-corrected chi connectivity index (χ3v) is 3.08. The van der Waals surface area contributed by atoms with E-state index in [0.29, 0.717) is 6.54 Å². The molecule has 1 fully saturated rings. The summed E-state index contributed by atoms with van der Waals surface area (Å²) in [5.41, 5.74) is 1.89. The number of anilines is 1. The van der Waals surface area contributed by atoms with E-state index in [2.05, 4.69) is 0 Å². The molecule has 1 aromatic rings. The predicted molar refractivity (Wildman–Crippen MR) is 68.2 cm³/mol. The van der Waals surface area contributed by atoms with Crippen LogP contribution >= 0.6 is 0 Å². The van der Waals surface area contributed by atoms with Crippen molar-refractivity contribution < 1.29 is 14.3 Å². The molecule has 0 radical (unpaired) electrons. The molecule has 1 atom stereocenters. The van der Waals surface area contributed by atoms with Gasteiger partial charge >= 0.3 is 5.97 Å². The van der Waals surface area contributed by atoms with E-state index >= 15 is 0 Å². The van der Waals surface area contributed by atoms with Gasteiger partial charge in [0.15, 0.2) is 6.61 Å². The number of aryl methyl sites for hydroxylation is 1. The number of nitrogens with zero attached hydrogens (tertiary/aromatic N) is 2. The summed E-state index contributed by atoms with van der Waals surface area (Å²) in [4.78, 5) is 25.1. The highest BCUT2D eigenvalue weighted by atomic mass is 16.5. The van der Waals surface area contributed by atoms with Gasteiger partial charge in [-0.15, -0.1) is 0 Å². The lowest BCUT2D eigenvalue weighted by atomic mass is 10.1. The first-order valence-corrected chi connectivity index (χ1v) is 6.02. The number of esters is 1. The Kier molecular flexibility index (Phi) is 3.81. The Morgan fingerprint density at radius 3 is 2.79 bits per heavy atom. The van der Waals surface area contributed by atoms with E-state index in [1.54, 1.807) is 11.0 Å². The standard InChI is InChI=1S/C14H14N2O3/c1-10-2-4-12(5-3-10)16-9-11(8-13(16)17)14(18)19-7-6-15/h2-5,11H,7-9H2,1H3/t11-/m1/s1. The van der Waals surface area contributed by atoms with Crippen LogP contribution in [0.5, 0.6) is 0 Å². The van der Waals surface area contributed by atoms with Crippen LogP contribution < -0.4 is 4.90 Å². The molecule has 2 rings (SSSR count). The minimum absolute atomic E-state index is 0.0947. The van der Waals surface area contributed by atoms with Crippen LogP contribution in [-0.4, -0.2) is 25.0 Å². The van der Waals surface area contributed by atoms with Gasteiger partial charge in [-0.3, -0.25) is 9.59 Å². The minimum atomic E-state index is -0.484. The van der Waals surface area contributed by atoms with Gasteiger partial charge in [0.2, 0.25) is 5.91 Å². The van der Waals surface area contributed by atoms with Crippen LogP contribution in [0.25, 0.3) is 0 Å². The number of nitriles is 1. The van der Waals surface area contributed by atoms with Crippen LogP contribution in [0, 0.1) is 24.2 Å². The van der Waals surface area contributed by atoms with E-state index < -0.39 is 11.9 Å². The van der Waals surface area contributed by atoms with E-state index in [-0.39, 0.29) is 18.9 Å². The second-order valence-corrected chi connectivity index (χ2v) is 4.51. The molecular weight excluding hydrogens is 244 g/mol. The van der Waals surface area contributed by atoms with Crippen molar-refractivity contribution >= 4 is 17.6 Å². The molecule has 19 heavy (non-hydrogen) atoms. The normalized spacial score (nSPS) is 18.2. The molecule has 98 valence electrons. The van der Waals surface area contributed by atoms with Gasteiger partial charge < -0.3 is 9.64 Å². The number of carbonyl (C=O) groups excluding carboxylic acids is 2. The number of ether oxygens (including phenoxy) is 1. The van der Waals surface area contributed by atoms with Crippen molar-refractivity contribution in [3.63, 3.8) is 0 Å². The van der Waals surface area contributed by atoms with Gasteiger partial charge in [0.05, 0.1) is 5.92 Å². The third kappa shape index (κ3) is 2.91. The molecule has 0 N–H and O–H groups in total. The van der Waals surface area contributed by atoms with Crippen LogP contribution in [0.3, 0.4) is 0 Å². The zero-order valence-corrected chi connectivity index (χ0v) is 10.6. The number of rotatable bonds is 3. The van der Waals surface area contributed by atoms with E-state index in [0.717, 1.165) is 11.3 Å². The fraction of sp³-hybridized carbons (Fsp3) is 0.357. The van der Waals surface area contributed by atoms with Crippen LogP contribution in [0.15, 0.2) is 24.3 Å².